The molecule has 2 aromatic rings. The summed E-state index contributed by atoms with van der Waals surface area (Å²) in [5.41, 5.74) is 2.31. The summed E-state index contributed by atoms with van der Waals surface area (Å²) in [5, 5.41) is 11.6. The van der Waals surface area contributed by atoms with Crippen LogP contribution in [-0.2, 0) is 13.0 Å². The van der Waals surface area contributed by atoms with E-state index in [1.54, 1.807) is 36.2 Å². The Labute approximate surface area is 146 Å². The Morgan fingerprint density at radius 2 is 1.92 bits per heavy atom. The average Bonchev–Trinajstić information content (AvgIpc) is 2.62. The lowest BCUT2D eigenvalue weighted by Crippen LogP contribution is -2.37. The van der Waals surface area contributed by atoms with Crippen LogP contribution < -0.4 is 10.1 Å². The summed E-state index contributed by atoms with van der Waals surface area (Å²) in [6, 6.07) is 13.7. The van der Waals surface area contributed by atoms with E-state index in [9.17, 15) is 9.18 Å². The van der Waals surface area contributed by atoms with Crippen LogP contribution in [0.3, 0.4) is 0 Å². The fraction of sp³-hybridized carbons (Fsp3) is 0.263. The quantitative estimate of drug-likeness (QED) is 0.878. The molecular formula is C19H20FN3O2. The number of hydrogen-bond donors (Lipinski definition) is 1. The highest BCUT2D eigenvalue weighted by atomic mass is 19.1. The van der Waals surface area contributed by atoms with Crippen molar-refractivity contribution in [2.45, 2.75) is 13.0 Å². The van der Waals surface area contributed by atoms with Gasteiger partial charge >= 0.3 is 6.03 Å². The van der Waals surface area contributed by atoms with Crippen molar-refractivity contribution in [3.05, 3.63) is 65.0 Å². The first-order chi connectivity index (χ1) is 12.0. The Morgan fingerprint density at radius 3 is 2.52 bits per heavy atom. The summed E-state index contributed by atoms with van der Waals surface area (Å²) in [6.45, 7) is 0.844. The number of amides is 2. The van der Waals surface area contributed by atoms with Gasteiger partial charge in [-0.15, -0.1) is 0 Å². The van der Waals surface area contributed by atoms with Gasteiger partial charge < -0.3 is 15.0 Å². The number of rotatable bonds is 6. The third kappa shape index (κ3) is 5.21. The summed E-state index contributed by atoms with van der Waals surface area (Å²) in [5.74, 6) is -0.209. The van der Waals surface area contributed by atoms with Crippen molar-refractivity contribution in [3.63, 3.8) is 0 Å². The third-order valence-electron chi connectivity index (χ3n) is 3.76. The first kappa shape index (κ1) is 18.3. The zero-order valence-electron chi connectivity index (χ0n) is 14.3. The topological polar surface area (TPSA) is 65.4 Å². The molecule has 25 heavy (non-hydrogen) atoms. The monoisotopic (exact) mass is 341 g/mol. The second kappa shape index (κ2) is 8.69. The number of carbonyl (C=O) groups excluding carboxylic acids is 1. The average molecular weight is 341 g/mol. The number of ether oxygens (including phenoxy) is 1. The van der Waals surface area contributed by atoms with Crippen molar-refractivity contribution in [1.29, 1.82) is 5.26 Å². The molecular weight excluding hydrogens is 321 g/mol. The third-order valence-corrected chi connectivity index (χ3v) is 3.76. The van der Waals surface area contributed by atoms with Gasteiger partial charge in [0.1, 0.15) is 0 Å². The van der Waals surface area contributed by atoms with Gasteiger partial charge in [-0.1, -0.05) is 18.2 Å². The van der Waals surface area contributed by atoms with Gasteiger partial charge in [-0.25, -0.2) is 9.18 Å². The standard InChI is InChI=1S/C19H20FN3O2/c1-23(13-16-5-3-15(12-21)4-6-16)19(24)22-10-9-14-7-8-18(25-2)17(20)11-14/h3-8,11H,9-10,13H2,1-2H3,(H,22,24). The van der Waals surface area contributed by atoms with E-state index in [4.69, 9.17) is 10.00 Å². The lowest BCUT2D eigenvalue weighted by molar-refractivity contribution is 0.207. The molecule has 2 amide bonds. The Balaban J connectivity index is 1.80. The van der Waals surface area contributed by atoms with Crippen LogP contribution in [0, 0.1) is 17.1 Å². The van der Waals surface area contributed by atoms with E-state index in [2.05, 4.69) is 11.4 Å². The Morgan fingerprint density at radius 1 is 1.24 bits per heavy atom. The van der Waals surface area contributed by atoms with Crippen LogP contribution in [-0.4, -0.2) is 31.6 Å². The van der Waals surface area contributed by atoms with Gasteiger partial charge in [0.15, 0.2) is 11.6 Å². The molecule has 0 heterocycles. The predicted octanol–water partition coefficient (Wildman–Crippen LogP) is 3.09. The summed E-state index contributed by atoms with van der Waals surface area (Å²) < 4.78 is 18.5. The molecule has 0 aliphatic heterocycles. The molecule has 0 aliphatic carbocycles. The Hall–Kier alpha value is -3.07. The molecule has 0 saturated heterocycles. The molecule has 0 bridgehead atoms. The Bertz CT molecular complexity index is 769. The maximum Gasteiger partial charge on any atom is 0.317 e. The largest absolute Gasteiger partial charge is 0.494 e. The molecule has 2 rings (SSSR count). The van der Waals surface area contributed by atoms with Crippen molar-refractivity contribution < 1.29 is 13.9 Å². The summed E-state index contributed by atoms with van der Waals surface area (Å²) >= 11 is 0. The summed E-state index contributed by atoms with van der Waals surface area (Å²) in [4.78, 5) is 13.6. The van der Waals surface area contributed by atoms with Gasteiger partial charge in [-0.05, 0) is 41.8 Å². The molecule has 0 aromatic heterocycles. The van der Waals surface area contributed by atoms with Gasteiger partial charge in [0, 0.05) is 20.1 Å². The molecule has 1 N–H and O–H groups in total. The van der Waals surface area contributed by atoms with Crippen molar-refractivity contribution >= 4 is 6.03 Å². The minimum absolute atomic E-state index is 0.204. The highest BCUT2D eigenvalue weighted by molar-refractivity contribution is 5.73. The van der Waals surface area contributed by atoms with Gasteiger partial charge in [0.2, 0.25) is 0 Å². The van der Waals surface area contributed by atoms with E-state index < -0.39 is 5.82 Å². The molecule has 0 spiro atoms. The number of nitrogens with one attached hydrogen (secondary N) is 1. The number of hydrogen-bond acceptors (Lipinski definition) is 3. The SMILES string of the molecule is COc1ccc(CCNC(=O)N(C)Cc2ccc(C#N)cc2)cc1F. The smallest absolute Gasteiger partial charge is 0.317 e. The number of methoxy groups -OCH3 is 1. The molecule has 0 saturated carbocycles. The van der Waals surface area contributed by atoms with Gasteiger partial charge in [-0.3, -0.25) is 0 Å². The fourth-order valence-corrected chi connectivity index (χ4v) is 2.34. The van der Waals surface area contributed by atoms with E-state index in [0.717, 1.165) is 11.1 Å². The first-order valence-electron chi connectivity index (χ1n) is 7.84. The van der Waals surface area contributed by atoms with E-state index >= 15 is 0 Å². The molecule has 0 atom stereocenters. The van der Waals surface area contributed by atoms with Crippen LogP contribution in [0.5, 0.6) is 5.75 Å². The van der Waals surface area contributed by atoms with E-state index in [1.807, 2.05) is 12.1 Å². The lowest BCUT2D eigenvalue weighted by Gasteiger charge is -2.18. The number of nitrogens with zero attached hydrogens (tertiary/aromatic N) is 2. The predicted molar refractivity (Wildman–Crippen MR) is 92.7 cm³/mol. The highest BCUT2D eigenvalue weighted by Crippen LogP contribution is 2.17. The van der Waals surface area contributed by atoms with Crippen molar-refractivity contribution in [2.24, 2.45) is 0 Å². The van der Waals surface area contributed by atoms with Crippen molar-refractivity contribution in [3.8, 4) is 11.8 Å². The van der Waals surface area contributed by atoms with Gasteiger partial charge in [0.25, 0.3) is 0 Å². The van der Waals surface area contributed by atoms with Gasteiger partial charge in [-0.2, -0.15) is 5.26 Å². The number of carbonyl (C=O) groups is 1. The number of halogens is 1. The van der Waals surface area contributed by atoms with Crippen LogP contribution in [0.4, 0.5) is 9.18 Å². The second-order valence-electron chi connectivity index (χ2n) is 5.62. The second-order valence-corrected chi connectivity index (χ2v) is 5.62. The number of urea groups is 1. The molecule has 2 aromatic carbocycles. The van der Waals surface area contributed by atoms with Crippen molar-refractivity contribution in [1.82, 2.24) is 10.2 Å². The first-order valence-corrected chi connectivity index (χ1v) is 7.84. The molecule has 0 aliphatic rings. The summed E-state index contributed by atoms with van der Waals surface area (Å²) in [7, 11) is 3.11. The summed E-state index contributed by atoms with van der Waals surface area (Å²) in [6.07, 6.45) is 0.525. The van der Waals surface area contributed by atoms with Gasteiger partial charge in [0.05, 0.1) is 18.7 Å². The number of nitriles is 1. The zero-order chi connectivity index (χ0) is 18.2. The van der Waals surface area contributed by atoms with Crippen LogP contribution >= 0.6 is 0 Å². The van der Waals surface area contributed by atoms with Crippen molar-refractivity contribution in [2.75, 3.05) is 20.7 Å². The molecule has 6 heteroatoms. The van der Waals surface area contributed by atoms with Crippen LogP contribution in [0.1, 0.15) is 16.7 Å². The number of benzene rings is 2. The van der Waals surface area contributed by atoms with Crippen LogP contribution in [0.25, 0.3) is 0 Å². The minimum Gasteiger partial charge on any atom is -0.494 e. The zero-order valence-corrected chi connectivity index (χ0v) is 14.3. The highest BCUT2D eigenvalue weighted by Gasteiger charge is 2.09. The van der Waals surface area contributed by atoms with E-state index in [1.165, 1.54) is 13.2 Å². The molecule has 130 valence electrons. The van der Waals surface area contributed by atoms with E-state index in [-0.39, 0.29) is 11.8 Å². The van der Waals surface area contributed by atoms with E-state index in [0.29, 0.717) is 25.1 Å². The minimum atomic E-state index is -0.413. The molecule has 0 unspecified atom stereocenters. The normalized spacial score (nSPS) is 10.0. The maximum atomic E-state index is 13.6. The fourth-order valence-electron chi connectivity index (χ4n) is 2.34. The Kier molecular flexibility index (Phi) is 6.35. The van der Waals surface area contributed by atoms with Crippen LogP contribution in [0.2, 0.25) is 0 Å². The molecule has 0 radical (unpaired) electrons. The maximum absolute atomic E-state index is 13.6. The lowest BCUT2D eigenvalue weighted by atomic mass is 10.1. The van der Waals surface area contributed by atoms with Crippen LogP contribution in [0.15, 0.2) is 42.5 Å². The molecule has 0 fully saturated rings. The molecule has 5 nitrogen and oxygen atoms in total.